The Kier molecular flexibility index (Phi) is 5.47. The molecule has 0 saturated heterocycles. The summed E-state index contributed by atoms with van der Waals surface area (Å²) in [5.74, 6) is -1.51. The lowest BCUT2D eigenvalue weighted by Crippen LogP contribution is -2.17. The number of aliphatic carboxylic acids is 1. The normalized spacial score (nSPS) is 11.4. The number of carbonyl (C=O) groups is 2. The molecule has 4 nitrogen and oxygen atoms in total. The van der Waals surface area contributed by atoms with Gasteiger partial charge in [-0.3, -0.25) is 0 Å². The van der Waals surface area contributed by atoms with Gasteiger partial charge in [0.1, 0.15) is 0 Å². The number of carbonyl (C=O) groups excluding carboxylic acids is 1. The standard InChI is InChI=1S/C17H20O4/c1-5-21-16(20)13-9-6-10-14(17(2,3)4)12(13)8-7-11-15(18)19/h5-7,9-11H,1,8H2,2-4H3,(H,18,19)/b11-7+. The second-order valence-corrected chi connectivity index (χ2v) is 5.60. The average molecular weight is 288 g/mol. The van der Waals surface area contributed by atoms with Crippen molar-refractivity contribution < 1.29 is 19.4 Å². The first kappa shape index (κ1) is 16.7. The van der Waals surface area contributed by atoms with Crippen molar-refractivity contribution in [3.8, 4) is 0 Å². The molecule has 4 heteroatoms. The van der Waals surface area contributed by atoms with Crippen molar-refractivity contribution in [1.29, 1.82) is 0 Å². The van der Waals surface area contributed by atoms with Gasteiger partial charge in [-0.1, -0.05) is 45.6 Å². The Morgan fingerprint density at radius 3 is 2.52 bits per heavy atom. The van der Waals surface area contributed by atoms with Gasteiger partial charge < -0.3 is 9.84 Å². The number of rotatable bonds is 5. The summed E-state index contributed by atoms with van der Waals surface area (Å²) in [6, 6.07) is 5.41. The molecule has 1 aromatic carbocycles. The van der Waals surface area contributed by atoms with E-state index in [4.69, 9.17) is 9.84 Å². The Bertz CT molecular complexity index is 577. The maximum atomic E-state index is 12.0. The summed E-state index contributed by atoms with van der Waals surface area (Å²) in [6.07, 6.45) is 4.03. The van der Waals surface area contributed by atoms with Crippen LogP contribution in [0.4, 0.5) is 0 Å². The van der Waals surface area contributed by atoms with Crippen LogP contribution in [-0.2, 0) is 21.4 Å². The zero-order valence-corrected chi connectivity index (χ0v) is 12.6. The highest BCUT2D eigenvalue weighted by Gasteiger charge is 2.22. The summed E-state index contributed by atoms with van der Waals surface area (Å²) < 4.78 is 4.85. The highest BCUT2D eigenvalue weighted by Crippen LogP contribution is 2.29. The Balaban J connectivity index is 3.33. The maximum Gasteiger partial charge on any atom is 0.343 e. The van der Waals surface area contributed by atoms with Crippen LogP contribution in [0.2, 0.25) is 0 Å². The summed E-state index contributed by atoms with van der Waals surface area (Å²) in [7, 11) is 0. The number of hydrogen-bond donors (Lipinski definition) is 1. The number of ether oxygens (including phenoxy) is 1. The van der Waals surface area contributed by atoms with Crippen LogP contribution in [0.25, 0.3) is 0 Å². The van der Waals surface area contributed by atoms with Gasteiger partial charge >= 0.3 is 11.9 Å². The Morgan fingerprint density at radius 2 is 2.00 bits per heavy atom. The van der Waals surface area contributed by atoms with E-state index in [0.717, 1.165) is 23.5 Å². The van der Waals surface area contributed by atoms with Crippen molar-refractivity contribution in [2.45, 2.75) is 32.6 Å². The minimum Gasteiger partial charge on any atom is -0.478 e. The lowest BCUT2D eigenvalue weighted by atomic mass is 9.81. The SMILES string of the molecule is C=COC(=O)c1cccc(C(C)(C)C)c1C/C=C/C(=O)O. The topological polar surface area (TPSA) is 63.6 Å². The third kappa shape index (κ3) is 4.60. The van der Waals surface area contributed by atoms with E-state index in [9.17, 15) is 9.59 Å². The summed E-state index contributed by atoms with van der Waals surface area (Å²) >= 11 is 0. The van der Waals surface area contributed by atoms with Crippen molar-refractivity contribution >= 4 is 11.9 Å². The molecule has 0 aromatic heterocycles. The number of benzene rings is 1. The van der Waals surface area contributed by atoms with E-state index in [1.54, 1.807) is 12.1 Å². The van der Waals surface area contributed by atoms with E-state index >= 15 is 0 Å². The molecular weight excluding hydrogens is 268 g/mol. The third-order valence-electron chi connectivity index (χ3n) is 2.98. The molecule has 0 aliphatic carbocycles. The number of carboxylic acids is 1. The van der Waals surface area contributed by atoms with E-state index in [0.29, 0.717) is 12.0 Å². The minimum absolute atomic E-state index is 0.170. The van der Waals surface area contributed by atoms with Gasteiger partial charge in [-0.25, -0.2) is 9.59 Å². The summed E-state index contributed by atoms with van der Waals surface area (Å²) in [5.41, 5.74) is 2.01. The van der Waals surface area contributed by atoms with Crippen molar-refractivity contribution in [2.75, 3.05) is 0 Å². The highest BCUT2D eigenvalue weighted by atomic mass is 16.5. The maximum absolute atomic E-state index is 12.0. The van der Waals surface area contributed by atoms with E-state index in [-0.39, 0.29) is 5.41 Å². The zero-order chi connectivity index (χ0) is 16.0. The molecule has 0 bridgehead atoms. The van der Waals surface area contributed by atoms with Gasteiger partial charge in [-0.2, -0.15) is 0 Å². The molecule has 0 aliphatic rings. The fourth-order valence-corrected chi connectivity index (χ4v) is 2.12. The van der Waals surface area contributed by atoms with Crippen LogP contribution in [0.1, 0.15) is 42.3 Å². The van der Waals surface area contributed by atoms with Crippen molar-refractivity contribution in [2.24, 2.45) is 0 Å². The van der Waals surface area contributed by atoms with Gasteiger partial charge in [0.15, 0.2) is 0 Å². The third-order valence-corrected chi connectivity index (χ3v) is 2.98. The van der Waals surface area contributed by atoms with E-state index in [2.05, 4.69) is 6.58 Å². The summed E-state index contributed by atoms with van der Waals surface area (Å²) in [6.45, 7) is 9.49. The van der Waals surface area contributed by atoms with Crippen LogP contribution >= 0.6 is 0 Å². The van der Waals surface area contributed by atoms with Crippen LogP contribution in [0.15, 0.2) is 43.2 Å². The fourth-order valence-electron chi connectivity index (χ4n) is 2.12. The molecule has 0 unspecified atom stereocenters. The molecule has 1 N–H and O–H groups in total. The lowest BCUT2D eigenvalue weighted by Gasteiger charge is -2.24. The van der Waals surface area contributed by atoms with Gasteiger partial charge in [0.05, 0.1) is 11.8 Å². The molecule has 21 heavy (non-hydrogen) atoms. The van der Waals surface area contributed by atoms with Crippen LogP contribution < -0.4 is 0 Å². The molecule has 0 atom stereocenters. The first-order valence-corrected chi connectivity index (χ1v) is 6.61. The molecule has 1 rings (SSSR count). The molecule has 0 heterocycles. The number of esters is 1. The largest absolute Gasteiger partial charge is 0.478 e. The predicted molar refractivity (Wildman–Crippen MR) is 81.2 cm³/mol. The monoisotopic (exact) mass is 288 g/mol. The molecule has 1 aromatic rings. The Labute approximate surface area is 124 Å². The van der Waals surface area contributed by atoms with Crippen LogP contribution in [0.3, 0.4) is 0 Å². The van der Waals surface area contributed by atoms with Crippen LogP contribution in [0, 0.1) is 0 Å². The number of carboxylic acid groups (broad SMARTS) is 1. The van der Waals surface area contributed by atoms with E-state index in [1.807, 2.05) is 26.8 Å². The molecule has 0 spiro atoms. The van der Waals surface area contributed by atoms with Crippen molar-refractivity contribution in [1.82, 2.24) is 0 Å². The predicted octanol–water partition coefficient (Wildman–Crippen LogP) is 3.47. The molecular formula is C17H20O4. The number of hydrogen-bond acceptors (Lipinski definition) is 3. The highest BCUT2D eigenvalue weighted by molar-refractivity contribution is 5.92. The average Bonchev–Trinajstić information content (AvgIpc) is 2.37. The van der Waals surface area contributed by atoms with Gasteiger partial charge in [-0.05, 0) is 29.0 Å². The Hall–Kier alpha value is -2.36. The van der Waals surface area contributed by atoms with Gasteiger partial charge in [-0.15, -0.1) is 0 Å². The quantitative estimate of drug-likeness (QED) is 0.512. The van der Waals surface area contributed by atoms with Crippen molar-refractivity contribution in [3.63, 3.8) is 0 Å². The smallest absolute Gasteiger partial charge is 0.343 e. The first-order chi connectivity index (χ1) is 9.77. The molecule has 112 valence electrons. The fraction of sp³-hybridized carbons (Fsp3) is 0.294. The Morgan fingerprint density at radius 1 is 1.33 bits per heavy atom. The van der Waals surface area contributed by atoms with Crippen LogP contribution in [0.5, 0.6) is 0 Å². The van der Waals surface area contributed by atoms with Gasteiger partial charge in [0.2, 0.25) is 0 Å². The van der Waals surface area contributed by atoms with Crippen LogP contribution in [-0.4, -0.2) is 17.0 Å². The second-order valence-electron chi connectivity index (χ2n) is 5.60. The van der Waals surface area contributed by atoms with E-state index in [1.165, 1.54) is 6.08 Å². The first-order valence-electron chi connectivity index (χ1n) is 6.61. The zero-order valence-electron chi connectivity index (χ0n) is 12.6. The minimum atomic E-state index is -1.02. The molecule has 0 fully saturated rings. The lowest BCUT2D eigenvalue weighted by molar-refractivity contribution is -0.131. The molecule has 0 amide bonds. The molecule has 0 aliphatic heterocycles. The molecule has 0 radical (unpaired) electrons. The molecule has 0 saturated carbocycles. The van der Waals surface area contributed by atoms with Crippen molar-refractivity contribution in [3.05, 3.63) is 59.9 Å². The van der Waals surface area contributed by atoms with E-state index < -0.39 is 11.9 Å². The van der Waals surface area contributed by atoms with Gasteiger partial charge in [0, 0.05) is 6.08 Å². The van der Waals surface area contributed by atoms with Gasteiger partial charge in [0.25, 0.3) is 0 Å². The number of allylic oxidation sites excluding steroid dienone is 1. The summed E-state index contributed by atoms with van der Waals surface area (Å²) in [5, 5.41) is 8.69. The second kappa shape index (κ2) is 6.88. The summed E-state index contributed by atoms with van der Waals surface area (Å²) in [4.78, 5) is 22.6.